The van der Waals surface area contributed by atoms with Crippen LogP contribution in [-0.4, -0.2) is 14.8 Å². The van der Waals surface area contributed by atoms with Gasteiger partial charge in [-0.2, -0.15) is 5.10 Å². The van der Waals surface area contributed by atoms with Crippen molar-refractivity contribution in [3.05, 3.63) is 78.1 Å². The average molecular weight is 275 g/mol. The van der Waals surface area contributed by atoms with E-state index in [0.717, 1.165) is 29.3 Å². The van der Waals surface area contributed by atoms with Crippen LogP contribution in [-0.2, 0) is 6.54 Å². The zero-order valence-corrected chi connectivity index (χ0v) is 12.0. The molecule has 0 aliphatic carbocycles. The predicted octanol–water partition coefficient (Wildman–Crippen LogP) is 3.94. The first kappa shape index (κ1) is 13.3. The number of rotatable bonds is 4. The van der Waals surface area contributed by atoms with Crippen molar-refractivity contribution >= 4 is 6.08 Å². The van der Waals surface area contributed by atoms with E-state index in [2.05, 4.69) is 40.9 Å². The van der Waals surface area contributed by atoms with E-state index in [-0.39, 0.29) is 0 Å². The van der Waals surface area contributed by atoms with Gasteiger partial charge in [-0.3, -0.25) is 0 Å². The molecule has 21 heavy (non-hydrogen) atoms. The van der Waals surface area contributed by atoms with Gasteiger partial charge in [0.2, 0.25) is 0 Å². The van der Waals surface area contributed by atoms with Gasteiger partial charge < -0.3 is 0 Å². The quantitative estimate of drug-likeness (QED) is 0.722. The van der Waals surface area contributed by atoms with E-state index in [1.807, 2.05) is 48.0 Å². The third kappa shape index (κ3) is 2.92. The summed E-state index contributed by atoms with van der Waals surface area (Å²) in [6.45, 7) is 6.48. The SMILES string of the molecule is C=Cc1ccc(Cn2nc(-c3ccccc3)nc2C)cc1. The Morgan fingerprint density at radius 2 is 1.76 bits per heavy atom. The summed E-state index contributed by atoms with van der Waals surface area (Å²) >= 11 is 0. The van der Waals surface area contributed by atoms with Crippen LogP contribution in [0.2, 0.25) is 0 Å². The predicted molar refractivity (Wildman–Crippen MR) is 85.8 cm³/mol. The lowest BCUT2D eigenvalue weighted by Crippen LogP contribution is -2.04. The second kappa shape index (κ2) is 5.75. The van der Waals surface area contributed by atoms with E-state index in [0.29, 0.717) is 0 Å². The molecule has 0 aliphatic rings. The van der Waals surface area contributed by atoms with Crippen LogP contribution >= 0.6 is 0 Å². The van der Waals surface area contributed by atoms with Crippen LogP contribution in [0.3, 0.4) is 0 Å². The monoisotopic (exact) mass is 275 g/mol. The van der Waals surface area contributed by atoms with E-state index in [1.54, 1.807) is 0 Å². The summed E-state index contributed by atoms with van der Waals surface area (Å²) in [5.41, 5.74) is 3.37. The first-order chi connectivity index (χ1) is 10.3. The van der Waals surface area contributed by atoms with Gasteiger partial charge in [-0.05, 0) is 18.1 Å². The molecule has 3 nitrogen and oxygen atoms in total. The van der Waals surface area contributed by atoms with E-state index < -0.39 is 0 Å². The lowest BCUT2D eigenvalue weighted by Gasteiger charge is -2.03. The highest BCUT2D eigenvalue weighted by molar-refractivity contribution is 5.54. The van der Waals surface area contributed by atoms with Crippen molar-refractivity contribution in [2.24, 2.45) is 0 Å². The topological polar surface area (TPSA) is 30.7 Å². The molecular formula is C18H17N3. The molecule has 0 aliphatic heterocycles. The Labute approximate surface area is 124 Å². The van der Waals surface area contributed by atoms with E-state index >= 15 is 0 Å². The molecule has 2 aromatic carbocycles. The van der Waals surface area contributed by atoms with Gasteiger partial charge in [-0.25, -0.2) is 9.67 Å². The third-order valence-electron chi connectivity index (χ3n) is 3.44. The number of benzene rings is 2. The molecule has 0 amide bonds. The van der Waals surface area contributed by atoms with Crippen LogP contribution in [0.25, 0.3) is 17.5 Å². The highest BCUT2D eigenvalue weighted by Crippen LogP contribution is 2.16. The van der Waals surface area contributed by atoms with E-state index in [4.69, 9.17) is 0 Å². The molecule has 0 saturated carbocycles. The van der Waals surface area contributed by atoms with Crippen LogP contribution in [0.1, 0.15) is 17.0 Å². The molecule has 3 rings (SSSR count). The van der Waals surface area contributed by atoms with Gasteiger partial charge in [0, 0.05) is 5.56 Å². The summed E-state index contributed by atoms with van der Waals surface area (Å²) in [6, 6.07) is 18.4. The Morgan fingerprint density at radius 1 is 1.05 bits per heavy atom. The van der Waals surface area contributed by atoms with Crippen LogP contribution in [0.15, 0.2) is 61.2 Å². The van der Waals surface area contributed by atoms with E-state index in [9.17, 15) is 0 Å². The lowest BCUT2D eigenvalue weighted by atomic mass is 10.1. The summed E-state index contributed by atoms with van der Waals surface area (Å²) in [5, 5.41) is 4.60. The normalized spacial score (nSPS) is 10.5. The Balaban J connectivity index is 1.86. The van der Waals surface area contributed by atoms with Crippen LogP contribution in [0.5, 0.6) is 0 Å². The molecule has 1 heterocycles. The maximum atomic E-state index is 4.60. The van der Waals surface area contributed by atoms with Gasteiger partial charge in [0.15, 0.2) is 5.82 Å². The van der Waals surface area contributed by atoms with Crippen LogP contribution in [0, 0.1) is 6.92 Å². The largest absolute Gasteiger partial charge is 0.245 e. The standard InChI is InChI=1S/C18H17N3/c1-3-15-9-11-16(12-10-15)13-21-14(2)19-18(20-21)17-7-5-4-6-8-17/h3-12H,1,13H2,2H3. The fraction of sp³-hybridized carbons (Fsp3) is 0.111. The fourth-order valence-corrected chi connectivity index (χ4v) is 2.21. The smallest absolute Gasteiger partial charge is 0.181 e. The zero-order chi connectivity index (χ0) is 14.7. The van der Waals surface area contributed by atoms with Gasteiger partial charge in [0.1, 0.15) is 5.82 Å². The molecule has 3 heteroatoms. The van der Waals surface area contributed by atoms with Gasteiger partial charge in [0.25, 0.3) is 0 Å². The Kier molecular flexibility index (Phi) is 3.65. The van der Waals surface area contributed by atoms with Crippen LogP contribution in [0.4, 0.5) is 0 Å². The second-order valence-corrected chi connectivity index (χ2v) is 4.95. The van der Waals surface area contributed by atoms with Gasteiger partial charge in [0.05, 0.1) is 6.54 Å². The number of nitrogens with zero attached hydrogens (tertiary/aromatic N) is 3. The fourth-order valence-electron chi connectivity index (χ4n) is 2.21. The Bertz CT molecular complexity index is 740. The van der Waals surface area contributed by atoms with Gasteiger partial charge in [-0.15, -0.1) is 0 Å². The number of hydrogen-bond donors (Lipinski definition) is 0. The van der Waals surface area contributed by atoms with Crippen molar-refractivity contribution in [1.29, 1.82) is 0 Å². The number of aryl methyl sites for hydroxylation is 1. The molecular weight excluding hydrogens is 258 g/mol. The minimum atomic E-state index is 0.725. The molecule has 3 aromatic rings. The van der Waals surface area contributed by atoms with Crippen molar-refractivity contribution in [2.45, 2.75) is 13.5 Å². The van der Waals surface area contributed by atoms with Crippen molar-refractivity contribution < 1.29 is 0 Å². The average Bonchev–Trinajstić information content (AvgIpc) is 2.90. The Hall–Kier alpha value is -2.68. The van der Waals surface area contributed by atoms with Crippen molar-refractivity contribution in [3.8, 4) is 11.4 Å². The molecule has 0 bridgehead atoms. The molecule has 0 atom stereocenters. The van der Waals surface area contributed by atoms with E-state index in [1.165, 1.54) is 5.56 Å². The van der Waals surface area contributed by atoms with Gasteiger partial charge in [-0.1, -0.05) is 67.3 Å². The zero-order valence-electron chi connectivity index (χ0n) is 12.0. The molecule has 0 radical (unpaired) electrons. The van der Waals surface area contributed by atoms with Crippen molar-refractivity contribution in [3.63, 3.8) is 0 Å². The summed E-state index contributed by atoms with van der Waals surface area (Å²) < 4.78 is 1.94. The maximum Gasteiger partial charge on any atom is 0.181 e. The van der Waals surface area contributed by atoms with Gasteiger partial charge >= 0.3 is 0 Å². The Morgan fingerprint density at radius 3 is 2.43 bits per heavy atom. The molecule has 104 valence electrons. The molecule has 0 saturated heterocycles. The van der Waals surface area contributed by atoms with Crippen molar-refractivity contribution in [2.75, 3.05) is 0 Å². The second-order valence-electron chi connectivity index (χ2n) is 4.95. The maximum absolute atomic E-state index is 4.60. The summed E-state index contributed by atoms with van der Waals surface area (Å²) in [7, 11) is 0. The first-order valence-electron chi connectivity index (χ1n) is 6.94. The summed E-state index contributed by atoms with van der Waals surface area (Å²) in [4.78, 5) is 4.55. The molecule has 0 N–H and O–H groups in total. The highest BCUT2D eigenvalue weighted by atomic mass is 15.3. The molecule has 0 fully saturated rings. The summed E-state index contributed by atoms with van der Waals surface area (Å²) in [6.07, 6.45) is 1.85. The number of hydrogen-bond acceptors (Lipinski definition) is 2. The minimum absolute atomic E-state index is 0.725. The first-order valence-corrected chi connectivity index (χ1v) is 6.94. The highest BCUT2D eigenvalue weighted by Gasteiger charge is 2.08. The molecule has 0 unspecified atom stereocenters. The van der Waals surface area contributed by atoms with Crippen LogP contribution < -0.4 is 0 Å². The molecule has 0 spiro atoms. The lowest BCUT2D eigenvalue weighted by molar-refractivity contribution is 0.662. The summed E-state index contributed by atoms with van der Waals surface area (Å²) in [5.74, 6) is 1.69. The third-order valence-corrected chi connectivity index (χ3v) is 3.44. The van der Waals surface area contributed by atoms with Crippen molar-refractivity contribution in [1.82, 2.24) is 14.8 Å². The minimum Gasteiger partial charge on any atom is -0.245 e. The molecule has 1 aromatic heterocycles. The number of aromatic nitrogens is 3.